The smallest absolute Gasteiger partial charge is 0.314 e. The quantitative estimate of drug-likeness (QED) is 0.789. The van der Waals surface area contributed by atoms with Crippen LogP contribution in [0.2, 0.25) is 10.0 Å². The molecule has 0 radical (unpaired) electrons. The van der Waals surface area contributed by atoms with Crippen molar-refractivity contribution in [1.82, 2.24) is 10.2 Å². The Morgan fingerprint density at radius 2 is 1.73 bits per heavy atom. The summed E-state index contributed by atoms with van der Waals surface area (Å²) in [5, 5.41) is 3.84. The first-order valence-electron chi connectivity index (χ1n) is 6.33. The van der Waals surface area contributed by atoms with Gasteiger partial charge in [-0.25, -0.2) is 0 Å². The number of benzene rings is 1. The summed E-state index contributed by atoms with van der Waals surface area (Å²) in [4.78, 5) is 1.81. The number of piperazine rings is 1. The van der Waals surface area contributed by atoms with E-state index in [9.17, 15) is 13.2 Å². The maximum Gasteiger partial charge on any atom is 0.390 e. The van der Waals surface area contributed by atoms with E-state index in [1.807, 2.05) is 4.90 Å². The molecule has 22 heavy (non-hydrogen) atoms. The summed E-state index contributed by atoms with van der Waals surface area (Å²) in [6, 6.07) is 3.87. The van der Waals surface area contributed by atoms with Crippen molar-refractivity contribution in [3.63, 3.8) is 0 Å². The number of alkyl halides is 3. The third kappa shape index (κ3) is 6.30. The van der Waals surface area contributed by atoms with Gasteiger partial charge in [0.15, 0.2) is 0 Å². The Kier molecular flexibility index (Phi) is 9.44. The highest BCUT2D eigenvalue weighted by atomic mass is 35.5. The first-order valence-corrected chi connectivity index (χ1v) is 7.09. The van der Waals surface area contributed by atoms with Crippen LogP contribution in [-0.4, -0.2) is 37.3 Å². The molecule has 1 aliphatic rings. The molecule has 1 N–H and O–H groups in total. The van der Waals surface area contributed by atoms with Gasteiger partial charge in [-0.1, -0.05) is 23.2 Å². The van der Waals surface area contributed by atoms with Crippen LogP contribution in [0, 0.1) is 0 Å². The normalized spacial score (nSPS) is 17.3. The summed E-state index contributed by atoms with van der Waals surface area (Å²) in [5.74, 6) is 0. The van der Waals surface area contributed by atoms with E-state index in [-0.39, 0.29) is 24.8 Å². The Hall–Kier alpha value is 0.0900. The van der Waals surface area contributed by atoms with Gasteiger partial charge in [-0.3, -0.25) is 4.90 Å². The molecule has 1 saturated heterocycles. The van der Waals surface area contributed by atoms with Crippen LogP contribution in [0.25, 0.3) is 0 Å². The molecule has 0 amide bonds. The van der Waals surface area contributed by atoms with Crippen LogP contribution in [0.1, 0.15) is 18.0 Å². The second-order valence-corrected chi connectivity index (χ2v) is 5.63. The van der Waals surface area contributed by atoms with Crippen molar-refractivity contribution in [3.05, 3.63) is 33.8 Å². The minimum absolute atomic E-state index is 0. The summed E-state index contributed by atoms with van der Waals surface area (Å²) in [6.45, 7) is 2.46. The monoisotopic (exact) mass is 398 g/mol. The highest BCUT2D eigenvalue weighted by molar-refractivity contribution is 6.33. The lowest BCUT2D eigenvalue weighted by molar-refractivity contribution is -0.148. The average Bonchev–Trinajstić information content (AvgIpc) is 2.39. The molecule has 1 atom stereocenters. The first-order chi connectivity index (χ1) is 9.37. The van der Waals surface area contributed by atoms with E-state index >= 15 is 0 Å². The molecule has 0 aliphatic carbocycles. The van der Waals surface area contributed by atoms with E-state index in [0.29, 0.717) is 41.8 Å². The fourth-order valence-electron chi connectivity index (χ4n) is 2.42. The van der Waals surface area contributed by atoms with E-state index in [2.05, 4.69) is 5.32 Å². The van der Waals surface area contributed by atoms with Gasteiger partial charge in [0.2, 0.25) is 0 Å². The predicted molar refractivity (Wildman–Crippen MR) is 88.8 cm³/mol. The fourth-order valence-corrected chi connectivity index (χ4v) is 2.84. The molecule has 0 spiro atoms. The molecule has 1 aliphatic heterocycles. The molecule has 0 bridgehead atoms. The molecular formula is C13H17Cl4F3N2. The second-order valence-electron chi connectivity index (χ2n) is 4.79. The van der Waals surface area contributed by atoms with E-state index in [1.54, 1.807) is 12.1 Å². The summed E-state index contributed by atoms with van der Waals surface area (Å²) in [7, 11) is 0. The number of nitrogens with one attached hydrogen (secondary N) is 1. The topological polar surface area (TPSA) is 15.3 Å². The van der Waals surface area contributed by atoms with Gasteiger partial charge in [0.25, 0.3) is 0 Å². The standard InChI is InChI=1S/C13H15Cl2F3N2.2ClH/c14-9-1-2-11(15)10(7-9)12(8-13(16,17)18)20-5-3-19-4-6-20;;/h1-2,7,12,19H,3-6,8H2;2*1H/t12-;;/m0../s1. The average molecular weight is 400 g/mol. The van der Waals surface area contributed by atoms with Crippen LogP contribution < -0.4 is 5.32 Å². The molecule has 9 heteroatoms. The molecule has 1 aromatic rings. The van der Waals surface area contributed by atoms with Crippen LogP contribution in [0.4, 0.5) is 13.2 Å². The number of halogens is 7. The Morgan fingerprint density at radius 1 is 1.14 bits per heavy atom. The second kappa shape index (κ2) is 9.40. The summed E-state index contributed by atoms with van der Waals surface area (Å²) in [5.41, 5.74) is 0.443. The molecule has 1 aromatic carbocycles. The van der Waals surface area contributed by atoms with Crippen LogP contribution >= 0.6 is 48.0 Å². The zero-order valence-electron chi connectivity index (χ0n) is 11.5. The van der Waals surface area contributed by atoms with E-state index in [4.69, 9.17) is 23.2 Å². The SMILES string of the molecule is Cl.Cl.FC(F)(F)C[C@@H](c1cc(Cl)ccc1Cl)N1CCNCC1. The number of rotatable bonds is 3. The third-order valence-corrected chi connectivity index (χ3v) is 3.91. The molecule has 2 nitrogen and oxygen atoms in total. The van der Waals surface area contributed by atoms with Crippen LogP contribution in [0.15, 0.2) is 18.2 Å². The Balaban J connectivity index is 0.00000220. The minimum atomic E-state index is -4.25. The third-order valence-electron chi connectivity index (χ3n) is 3.33. The number of nitrogens with zero attached hydrogens (tertiary/aromatic N) is 1. The maximum atomic E-state index is 12.9. The molecule has 0 unspecified atom stereocenters. The molecule has 2 rings (SSSR count). The van der Waals surface area contributed by atoms with E-state index < -0.39 is 18.6 Å². The fraction of sp³-hybridized carbons (Fsp3) is 0.538. The van der Waals surface area contributed by atoms with Crippen molar-refractivity contribution in [2.45, 2.75) is 18.6 Å². The summed E-state index contributed by atoms with van der Waals surface area (Å²) in [6.07, 6.45) is -5.17. The highest BCUT2D eigenvalue weighted by Crippen LogP contribution is 2.38. The zero-order valence-corrected chi connectivity index (χ0v) is 14.6. The Morgan fingerprint density at radius 3 is 2.27 bits per heavy atom. The molecule has 1 fully saturated rings. The van der Waals surface area contributed by atoms with Crippen molar-refractivity contribution in [2.75, 3.05) is 26.2 Å². The highest BCUT2D eigenvalue weighted by Gasteiger charge is 2.36. The van der Waals surface area contributed by atoms with E-state index in [1.165, 1.54) is 6.07 Å². The van der Waals surface area contributed by atoms with Gasteiger partial charge >= 0.3 is 6.18 Å². The number of hydrogen-bond donors (Lipinski definition) is 1. The lowest BCUT2D eigenvalue weighted by Crippen LogP contribution is -2.46. The number of hydrogen-bond acceptors (Lipinski definition) is 2. The summed E-state index contributed by atoms with van der Waals surface area (Å²) >= 11 is 12.0. The van der Waals surface area contributed by atoms with Crippen molar-refractivity contribution in [3.8, 4) is 0 Å². The summed E-state index contributed by atoms with van der Waals surface area (Å²) < 4.78 is 38.6. The predicted octanol–water partition coefficient (Wildman–Crippen LogP) is 4.74. The largest absolute Gasteiger partial charge is 0.390 e. The molecule has 0 aromatic heterocycles. The molecule has 128 valence electrons. The molecular weight excluding hydrogens is 383 g/mol. The first kappa shape index (κ1) is 22.1. The van der Waals surface area contributed by atoms with Gasteiger partial charge in [0.05, 0.1) is 6.42 Å². The van der Waals surface area contributed by atoms with E-state index in [0.717, 1.165) is 0 Å². The van der Waals surface area contributed by atoms with Crippen LogP contribution in [-0.2, 0) is 0 Å². The van der Waals surface area contributed by atoms with Crippen molar-refractivity contribution in [1.29, 1.82) is 0 Å². The van der Waals surface area contributed by atoms with Gasteiger partial charge in [-0.05, 0) is 23.8 Å². The van der Waals surface area contributed by atoms with Crippen LogP contribution in [0.3, 0.4) is 0 Å². The van der Waals surface area contributed by atoms with Gasteiger partial charge in [-0.2, -0.15) is 13.2 Å². The van der Waals surface area contributed by atoms with Crippen LogP contribution in [0.5, 0.6) is 0 Å². The Labute approximate surface area is 150 Å². The lowest BCUT2D eigenvalue weighted by atomic mass is 10.0. The van der Waals surface area contributed by atoms with Crippen molar-refractivity contribution in [2.24, 2.45) is 0 Å². The zero-order chi connectivity index (χ0) is 14.8. The van der Waals surface area contributed by atoms with Gasteiger partial charge in [-0.15, -0.1) is 24.8 Å². The molecule has 0 saturated carbocycles. The Bertz CT molecular complexity index is 465. The van der Waals surface area contributed by atoms with Gasteiger partial charge < -0.3 is 5.32 Å². The lowest BCUT2D eigenvalue weighted by Gasteiger charge is -2.36. The van der Waals surface area contributed by atoms with Gasteiger partial charge in [0, 0.05) is 42.3 Å². The molecule has 1 heterocycles. The maximum absolute atomic E-state index is 12.9. The van der Waals surface area contributed by atoms with Gasteiger partial charge in [0.1, 0.15) is 0 Å². The van der Waals surface area contributed by atoms with Crippen molar-refractivity contribution >= 4 is 48.0 Å². The minimum Gasteiger partial charge on any atom is -0.314 e. The van der Waals surface area contributed by atoms with Crippen molar-refractivity contribution < 1.29 is 13.2 Å².